The molecule has 3 aliphatic rings. The smallest absolute Gasteiger partial charge is 0.271 e. The van der Waals surface area contributed by atoms with E-state index >= 15 is 0 Å². The van der Waals surface area contributed by atoms with Crippen LogP contribution in [0.2, 0.25) is 0 Å². The van der Waals surface area contributed by atoms with Gasteiger partial charge in [-0.25, -0.2) is 9.29 Å². The van der Waals surface area contributed by atoms with Gasteiger partial charge >= 0.3 is 0 Å². The van der Waals surface area contributed by atoms with Crippen LogP contribution in [0.25, 0.3) is 0 Å². The fraction of sp³-hybridized carbons (Fsp3) is 0.348. The Morgan fingerprint density at radius 2 is 1.82 bits per heavy atom. The molecule has 3 aliphatic heterocycles. The van der Waals surface area contributed by atoms with Crippen molar-refractivity contribution in [3.05, 3.63) is 64.0 Å². The summed E-state index contributed by atoms with van der Waals surface area (Å²) in [7, 11) is 1.34. The quantitative estimate of drug-likeness (QED) is 0.296. The highest BCUT2D eigenvalue weighted by Crippen LogP contribution is 2.50. The Labute approximate surface area is 187 Å². The summed E-state index contributed by atoms with van der Waals surface area (Å²) in [4.78, 5) is 54.1. The molecule has 3 fully saturated rings. The maximum absolute atomic E-state index is 13.6. The molecule has 170 valence electrons. The molecule has 0 spiro atoms. The molecule has 0 bridgehead atoms. The van der Waals surface area contributed by atoms with Crippen molar-refractivity contribution in [3.63, 3.8) is 0 Å². The van der Waals surface area contributed by atoms with E-state index in [1.54, 1.807) is 0 Å². The maximum atomic E-state index is 13.6. The summed E-state index contributed by atoms with van der Waals surface area (Å²) in [5, 5.41) is 11.3. The van der Waals surface area contributed by atoms with Gasteiger partial charge in [0.2, 0.25) is 11.8 Å². The molecule has 3 saturated heterocycles. The summed E-state index contributed by atoms with van der Waals surface area (Å²) in [6.07, 6.45) is 1.44. The Balaban J connectivity index is 1.58. The zero-order valence-corrected chi connectivity index (χ0v) is 17.6. The van der Waals surface area contributed by atoms with E-state index in [1.165, 1.54) is 43.5 Å². The zero-order valence-electron chi connectivity index (χ0n) is 17.6. The van der Waals surface area contributed by atoms with Crippen molar-refractivity contribution in [2.24, 2.45) is 11.8 Å². The van der Waals surface area contributed by atoms with E-state index in [1.807, 2.05) is 4.90 Å². The third-order valence-corrected chi connectivity index (χ3v) is 6.86. The highest BCUT2D eigenvalue weighted by molar-refractivity contribution is 6.25. The minimum absolute atomic E-state index is 0.00590. The second-order valence-electron chi connectivity index (χ2n) is 8.44. The minimum atomic E-state index is -0.927. The van der Waals surface area contributed by atoms with E-state index in [4.69, 9.17) is 4.74 Å². The lowest BCUT2D eigenvalue weighted by molar-refractivity contribution is -0.384. The number of nitrogens with zero attached hydrogens (tertiary/aromatic N) is 3. The van der Waals surface area contributed by atoms with Crippen molar-refractivity contribution in [1.82, 2.24) is 4.90 Å². The first-order chi connectivity index (χ1) is 15.8. The predicted octanol–water partition coefficient (Wildman–Crippen LogP) is 2.58. The van der Waals surface area contributed by atoms with Crippen LogP contribution in [0, 0.1) is 27.8 Å². The molecular weight excluding hydrogens is 433 g/mol. The third-order valence-electron chi connectivity index (χ3n) is 6.86. The number of rotatable bonds is 5. The summed E-state index contributed by atoms with van der Waals surface area (Å²) in [6.45, 7) is 0.579. The number of anilines is 1. The zero-order chi connectivity index (χ0) is 23.4. The van der Waals surface area contributed by atoms with E-state index in [9.17, 15) is 28.9 Å². The summed E-state index contributed by atoms with van der Waals surface area (Å²) in [5.74, 6) is -3.42. The Hall–Kier alpha value is -3.66. The van der Waals surface area contributed by atoms with Crippen molar-refractivity contribution in [3.8, 4) is 5.75 Å². The van der Waals surface area contributed by atoms with Gasteiger partial charge in [0.15, 0.2) is 5.78 Å². The number of ether oxygens (including phenoxy) is 1. The summed E-state index contributed by atoms with van der Waals surface area (Å²) in [6, 6.07) is 7.68. The van der Waals surface area contributed by atoms with Gasteiger partial charge in [0.1, 0.15) is 17.3 Å². The summed E-state index contributed by atoms with van der Waals surface area (Å²) < 4.78 is 18.7. The van der Waals surface area contributed by atoms with Crippen LogP contribution in [-0.4, -0.2) is 53.2 Å². The monoisotopic (exact) mass is 453 g/mol. The highest BCUT2D eigenvalue weighted by Gasteiger charge is 2.65. The van der Waals surface area contributed by atoms with Crippen LogP contribution in [0.3, 0.4) is 0 Å². The van der Waals surface area contributed by atoms with E-state index in [0.29, 0.717) is 13.0 Å². The molecule has 2 amide bonds. The van der Waals surface area contributed by atoms with Crippen LogP contribution < -0.4 is 9.64 Å². The van der Waals surface area contributed by atoms with Crippen LogP contribution in [0.1, 0.15) is 23.2 Å². The van der Waals surface area contributed by atoms with Crippen LogP contribution in [0.5, 0.6) is 5.75 Å². The Bertz CT molecular complexity index is 1180. The number of nitro groups is 1. The summed E-state index contributed by atoms with van der Waals surface area (Å²) >= 11 is 0. The molecule has 0 aromatic heterocycles. The van der Waals surface area contributed by atoms with Gasteiger partial charge in [-0.2, -0.15) is 0 Å². The first-order valence-corrected chi connectivity index (χ1v) is 10.6. The average Bonchev–Trinajstić information content (AvgIpc) is 3.45. The Kier molecular flexibility index (Phi) is 4.97. The lowest BCUT2D eigenvalue weighted by atomic mass is 9.85. The van der Waals surface area contributed by atoms with Gasteiger partial charge in [-0.05, 0) is 49.7 Å². The number of imide groups is 1. The van der Waals surface area contributed by atoms with Gasteiger partial charge in [-0.15, -0.1) is 0 Å². The Morgan fingerprint density at radius 1 is 1.12 bits per heavy atom. The van der Waals surface area contributed by atoms with Crippen molar-refractivity contribution in [2.45, 2.75) is 24.9 Å². The number of halogens is 1. The normalized spacial score (nSPS) is 26.4. The van der Waals surface area contributed by atoms with E-state index < -0.39 is 40.4 Å². The number of carbonyl (C=O) groups excluding carboxylic acids is 3. The molecule has 10 heteroatoms. The van der Waals surface area contributed by atoms with E-state index in [0.717, 1.165) is 17.4 Å². The molecule has 3 heterocycles. The number of Topliss-reactive ketones (excluding diaryl/α,β-unsaturated/α-hetero) is 1. The molecule has 33 heavy (non-hydrogen) atoms. The van der Waals surface area contributed by atoms with E-state index in [-0.39, 0.29) is 34.5 Å². The van der Waals surface area contributed by atoms with Gasteiger partial charge in [0.25, 0.3) is 5.69 Å². The Morgan fingerprint density at radius 3 is 2.48 bits per heavy atom. The van der Waals surface area contributed by atoms with Gasteiger partial charge in [0.05, 0.1) is 29.9 Å². The minimum Gasteiger partial charge on any atom is -0.495 e. The molecule has 0 aliphatic carbocycles. The molecule has 4 atom stereocenters. The number of fused-ring (bicyclic) bond motifs is 3. The molecule has 0 unspecified atom stereocenters. The molecule has 9 nitrogen and oxygen atoms in total. The first-order valence-electron chi connectivity index (χ1n) is 10.6. The molecule has 5 rings (SSSR count). The number of nitro benzene ring substituents is 1. The number of methoxy groups -OCH3 is 1. The second kappa shape index (κ2) is 7.73. The fourth-order valence-corrected chi connectivity index (χ4v) is 5.50. The SMILES string of the molecule is COc1ccc([N+](=O)[O-])cc1N1C(=O)[C@@H]2[C@H](C1=O)[C@H](C(=O)c1ccc(F)cc1)N1CCC[C@H]21. The van der Waals surface area contributed by atoms with Crippen LogP contribution in [0.15, 0.2) is 42.5 Å². The number of ketones is 1. The number of hydrogen-bond donors (Lipinski definition) is 0. The molecule has 0 radical (unpaired) electrons. The van der Waals surface area contributed by atoms with Crippen molar-refractivity contribution in [1.29, 1.82) is 0 Å². The lowest BCUT2D eigenvalue weighted by Crippen LogP contribution is -2.46. The molecular formula is C23H20FN3O6. The number of non-ortho nitro benzene ring substituents is 1. The van der Waals surface area contributed by atoms with Crippen molar-refractivity contribution in [2.75, 3.05) is 18.6 Å². The maximum Gasteiger partial charge on any atom is 0.271 e. The number of hydrogen-bond acceptors (Lipinski definition) is 7. The second-order valence-corrected chi connectivity index (χ2v) is 8.44. The topological polar surface area (TPSA) is 110 Å². The predicted molar refractivity (Wildman–Crippen MR) is 113 cm³/mol. The molecule has 2 aromatic carbocycles. The largest absolute Gasteiger partial charge is 0.495 e. The average molecular weight is 453 g/mol. The van der Waals surface area contributed by atoms with Crippen LogP contribution in [-0.2, 0) is 9.59 Å². The van der Waals surface area contributed by atoms with Crippen LogP contribution in [0.4, 0.5) is 15.8 Å². The highest BCUT2D eigenvalue weighted by atomic mass is 19.1. The van der Waals surface area contributed by atoms with Crippen molar-refractivity contribution >= 4 is 29.0 Å². The van der Waals surface area contributed by atoms with Gasteiger partial charge in [0, 0.05) is 23.7 Å². The number of carbonyl (C=O) groups is 3. The molecule has 2 aromatic rings. The third kappa shape index (κ3) is 3.12. The fourth-order valence-electron chi connectivity index (χ4n) is 5.50. The number of amides is 2. The summed E-state index contributed by atoms with van der Waals surface area (Å²) in [5.41, 5.74) is -0.0298. The van der Waals surface area contributed by atoms with E-state index in [2.05, 4.69) is 0 Å². The molecule has 0 saturated carbocycles. The van der Waals surface area contributed by atoms with Gasteiger partial charge in [-0.3, -0.25) is 29.4 Å². The lowest BCUT2D eigenvalue weighted by Gasteiger charge is -2.28. The first kappa shape index (κ1) is 21.2. The standard InChI is InChI=1S/C23H20FN3O6/c1-33-17-9-8-14(27(31)32)11-16(17)26-22(29)18-15-3-2-10-25(15)20(19(18)23(26)30)21(28)12-4-6-13(24)7-5-12/h4-9,11,15,18-20H,2-3,10H2,1H3/t15-,18+,19+,20-/m1/s1. The van der Waals surface area contributed by atoms with Gasteiger partial charge < -0.3 is 4.74 Å². The van der Waals surface area contributed by atoms with Crippen molar-refractivity contribution < 1.29 is 28.4 Å². The van der Waals surface area contributed by atoms with Crippen LogP contribution >= 0.6 is 0 Å². The number of benzene rings is 2. The molecule has 0 N–H and O–H groups in total. The van der Waals surface area contributed by atoms with Gasteiger partial charge in [-0.1, -0.05) is 0 Å².